The highest BCUT2D eigenvalue weighted by atomic mass is 16.4. The van der Waals surface area contributed by atoms with Gasteiger partial charge in [0.25, 0.3) is 0 Å². The molecule has 102 valence electrons. The van der Waals surface area contributed by atoms with Gasteiger partial charge in [-0.15, -0.1) is 0 Å². The summed E-state index contributed by atoms with van der Waals surface area (Å²) in [6.07, 6.45) is 3.24. The van der Waals surface area contributed by atoms with E-state index >= 15 is 0 Å². The molecule has 0 bridgehead atoms. The quantitative estimate of drug-likeness (QED) is 0.746. The van der Waals surface area contributed by atoms with Gasteiger partial charge in [-0.1, -0.05) is 18.2 Å². The van der Waals surface area contributed by atoms with Crippen LogP contribution in [-0.4, -0.2) is 11.1 Å². The molecule has 3 aromatic rings. The van der Waals surface area contributed by atoms with E-state index in [9.17, 15) is 9.90 Å². The number of aromatic carboxylic acids is 1. The van der Waals surface area contributed by atoms with Crippen LogP contribution in [0.25, 0.3) is 11.0 Å². The molecule has 0 spiro atoms. The van der Waals surface area contributed by atoms with Gasteiger partial charge in [-0.05, 0) is 12.1 Å². The van der Waals surface area contributed by atoms with Crippen molar-refractivity contribution >= 4 is 16.9 Å². The Labute approximate surface area is 114 Å². The molecule has 2 N–H and O–H groups in total. The lowest BCUT2D eigenvalue weighted by atomic mass is 10.1. The zero-order chi connectivity index (χ0) is 13.9. The van der Waals surface area contributed by atoms with E-state index in [1.54, 1.807) is 30.7 Å². The summed E-state index contributed by atoms with van der Waals surface area (Å²) in [5.41, 5.74) is 1.81. The maximum Gasteiger partial charge on any atom is 0.339 e. The molecule has 3 rings (SSSR count). The Morgan fingerprint density at radius 2 is 2.05 bits per heavy atom. The highest BCUT2D eigenvalue weighted by molar-refractivity contribution is 6.03. The third-order valence-corrected chi connectivity index (χ3v) is 3.08. The zero-order valence-corrected chi connectivity index (χ0v) is 10.6. The van der Waals surface area contributed by atoms with Crippen molar-refractivity contribution in [3.8, 4) is 0 Å². The fraction of sp³-hybridized carbons (Fsp3) is 0.133. The molecular weight excluding hydrogens is 258 g/mol. The number of carboxylic acids is 1. The number of hydrogen-bond donors (Lipinski definition) is 2. The molecule has 0 saturated heterocycles. The molecule has 5 nitrogen and oxygen atoms in total. The largest absolute Gasteiger partial charge is 0.478 e. The van der Waals surface area contributed by atoms with Crippen LogP contribution in [0.4, 0.5) is 0 Å². The van der Waals surface area contributed by atoms with Gasteiger partial charge in [0.1, 0.15) is 16.9 Å². The van der Waals surface area contributed by atoms with E-state index in [-0.39, 0.29) is 5.56 Å². The standard InChI is InChI=1S/C15H13NO4/c17-15(18)14-11-3-1-2-4-12(11)20-13(14)8-16-7-10-5-6-19-9-10/h1-6,9,16H,7-8H2,(H,17,18). The topological polar surface area (TPSA) is 75.6 Å². The molecule has 2 heterocycles. The van der Waals surface area contributed by atoms with Gasteiger partial charge in [-0.2, -0.15) is 0 Å². The SMILES string of the molecule is O=C(O)c1c(CNCc2ccoc2)oc2ccccc12. The Hall–Kier alpha value is -2.53. The Morgan fingerprint density at radius 1 is 1.20 bits per heavy atom. The van der Waals surface area contributed by atoms with E-state index in [4.69, 9.17) is 8.83 Å². The number of benzene rings is 1. The number of carboxylic acid groups (broad SMARTS) is 1. The summed E-state index contributed by atoms with van der Waals surface area (Å²) in [7, 11) is 0. The molecule has 5 heteroatoms. The lowest BCUT2D eigenvalue weighted by Crippen LogP contribution is -2.14. The molecule has 0 aliphatic carbocycles. The predicted molar refractivity (Wildman–Crippen MR) is 72.4 cm³/mol. The Morgan fingerprint density at radius 3 is 2.80 bits per heavy atom. The van der Waals surface area contributed by atoms with Gasteiger partial charge in [-0.25, -0.2) is 4.79 Å². The second-order valence-corrected chi connectivity index (χ2v) is 4.44. The van der Waals surface area contributed by atoms with Crippen LogP contribution in [-0.2, 0) is 13.1 Å². The van der Waals surface area contributed by atoms with Crippen LogP contribution in [0, 0.1) is 0 Å². The molecule has 20 heavy (non-hydrogen) atoms. The van der Waals surface area contributed by atoms with Gasteiger partial charge < -0.3 is 19.3 Å². The average molecular weight is 271 g/mol. The average Bonchev–Trinajstić information content (AvgIpc) is 3.05. The van der Waals surface area contributed by atoms with E-state index in [2.05, 4.69) is 5.32 Å². The van der Waals surface area contributed by atoms with Crippen molar-refractivity contribution in [3.63, 3.8) is 0 Å². The molecule has 0 radical (unpaired) electrons. The number of nitrogens with one attached hydrogen (secondary N) is 1. The minimum atomic E-state index is -0.977. The van der Waals surface area contributed by atoms with Crippen LogP contribution in [0.15, 0.2) is 51.7 Å². The van der Waals surface area contributed by atoms with Crippen LogP contribution in [0.1, 0.15) is 21.7 Å². The number of rotatable bonds is 5. The third kappa shape index (κ3) is 2.31. The van der Waals surface area contributed by atoms with Crippen molar-refractivity contribution in [2.75, 3.05) is 0 Å². The lowest BCUT2D eigenvalue weighted by molar-refractivity contribution is 0.0696. The second kappa shape index (κ2) is 5.22. The third-order valence-electron chi connectivity index (χ3n) is 3.08. The lowest BCUT2D eigenvalue weighted by Gasteiger charge is -2.01. The van der Waals surface area contributed by atoms with Crippen molar-refractivity contribution in [2.45, 2.75) is 13.1 Å². The molecule has 0 saturated carbocycles. The summed E-state index contributed by atoms with van der Waals surface area (Å²) in [4.78, 5) is 11.4. The van der Waals surface area contributed by atoms with Gasteiger partial charge in [0.15, 0.2) is 0 Å². The second-order valence-electron chi connectivity index (χ2n) is 4.44. The fourth-order valence-electron chi connectivity index (χ4n) is 2.17. The zero-order valence-electron chi connectivity index (χ0n) is 10.6. The first-order valence-electron chi connectivity index (χ1n) is 6.21. The molecule has 2 aromatic heterocycles. The monoisotopic (exact) mass is 271 g/mol. The first-order valence-corrected chi connectivity index (χ1v) is 6.21. The highest BCUT2D eigenvalue weighted by Gasteiger charge is 2.19. The molecule has 1 aromatic carbocycles. The minimum Gasteiger partial charge on any atom is -0.478 e. The number of furan rings is 2. The van der Waals surface area contributed by atoms with E-state index in [0.29, 0.717) is 29.8 Å². The fourth-order valence-corrected chi connectivity index (χ4v) is 2.17. The summed E-state index contributed by atoms with van der Waals surface area (Å²) in [6, 6.07) is 8.99. The first-order chi connectivity index (χ1) is 9.75. The van der Waals surface area contributed by atoms with Crippen molar-refractivity contribution in [1.82, 2.24) is 5.32 Å². The summed E-state index contributed by atoms with van der Waals surface area (Å²) in [6.45, 7) is 0.939. The van der Waals surface area contributed by atoms with E-state index in [1.165, 1.54) is 0 Å². The number of hydrogen-bond acceptors (Lipinski definition) is 4. The number of fused-ring (bicyclic) bond motifs is 1. The minimum absolute atomic E-state index is 0.222. The molecule has 0 atom stereocenters. The van der Waals surface area contributed by atoms with E-state index in [1.807, 2.05) is 12.1 Å². The van der Waals surface area contributed by atoms with Crippen molar-refractivity contribution in [3.05, 3.63) is 59.7 Å². The molecule has 0 fully saturated rings. The maximum absolute atomic E-state index is 11.4. The highest BCUT2D eigenvalue weighted by Crippen LogP contribution is 2.25. The summed E-state index contributed by atoms with van der Waals surface area (Å²) in [5.74, 6) is -0.544. The molecule has 0 aliphatic heterocycles. The number of carbonyl (C=O) groups is 1. The smallest absolute Gasteiger partial charge is 0.339 e. The van der Waals surface area contributed by atoms with Crippen LogP contribution in [0.2, 0.25) is 0 Å². The first kappa shape index (κ1) is 12.5. The van der Waals surface area contributed by atoms with Gasteiger partial charge in [-0.3, -0.25) is 0 Å². The van der Waals surface area contributed by atoms with Gasteiger partial charge >= 0.3 is 5.97 Å². The molecule has 0 unspecified atom stereocenters. The van der Waals surface area contributed by atoms with Crippen molar-refractivity contribution in [1.29, 1.82) is 0 Å². The van der Waals surface area contributed by atoms with Gasteiger partial charge in [0, 0.05) is 17.5 Å². The van der Waals surface area contributed by atoms with Crippen LogP contribution < -0.4 is 5.32 Å². The summed E-state index contributed by atoms with van der Waals surface area (Å²) >= 11 is 0. The summed E-state index contributed by atoms with van der Waals surface area (Å²) < 4.78 is 10.6. The molecular formula is C15H13NO4. The Balaban J connectivity index is 1.83. The van der Waals surface area contributed by atoms with E-state index < -0.39 is 5.97 Å². The van der Waals surface area contributed by atoms with Gasteiger partial charge in [0.05, 0.1) is 19.1 Å². The van der Waals surface area contributed by atoms with Crippen LogP contribution >= 0.6 is 0 Å². The van der Waals surface area contributed by atoms with Crippen LogP contribution in [0.3, 0.4) is 0 Å². The predicted octanol–water partition coefficient (Wildman–Crippen LogP) is 3.01. The summed E-state index contributed by atoms with van der Waals surface area (Å²) in [5, 5.41) is 13.1. The van der Waals surface area contributed by atoms with E-state index in [0.717, 1.165) is 5.56 Å². The van der Waals surface area contributed by atoms with Crippen LogP contribution in [0.5, 0.6) is 0 Å². The normalized spacial score (nSPS) is 11.0. The Bertz CT molecular complexity index is 728. The molecule has 0 amide bonds. The van der Waals surface area contributed by atoms with Gasteiger partial charge in [0.2, 0.25) is 0 Å². The van der Waals surface area contributed by atoms with Crippen molar-refractivity contribution < 1.29 is 18.7 Å². The molecule has 0 aliphatic rings. The number of para-hydroxylation sites is 1. The maximum atomic E-state index is 11.4. The Kier molecular flexibility index (Phi) is 3.26. The van der Waals surface area contributed by atoms with Crippen molar-refractivity contribution in [2.24, 2.45) is 0 Å².